The first-order valence-corrected chi connectivity index (χ1v) is 8.44. The summed E-state index contributed by atoms with van der Waals surface area (Å²) >= 11 is 0. The highest BCUT2D eigenvalue weighted by atomic mass is 16.5. The summed E-state index contributed by atoms with van der Waals surface area (Å²) in [5.74, 6) is -0.0440. The largest absolute Gasteiger partial charge is 0.375 e. The highest BCUT2D eigenvalue weighted by molar-refractivity contribution is 5.97. The molecule has 1 atom stereocenters. The van der Waals surface area contributed by atoms with Crippen LogP contribution in [-0.4, -0.2) is 62.0 Å². The number of aryl methyl sites for hydroxylation is 1. The molecule has 3 aromatic rings. The molecule has 0 saturated carbocycles. The Balaban J connectivity index is 1.40. The van der Waals surface area contributed by atoms with Gasteiger partial charge in [-0.25, -0.2) is 4.98 Å². The topological polar surface area (TPSA) is 117 Å². The van der Waals surface area contributed by atoms with Crippen LogP contribution in [-0.2, 0) is 11.2 Å². The van der Waals surface area contributed by atoms with Gasteiger partial charge in [0, 0.05) is 30.4 Å². The lowest BCUT2D eigenvalue weighted by atomic mass is 10.1. The second-order valence-corrected chi connectivity index (χ2v) is 6.21. The number of amides is 1. The number of benzene rings is 1. The molecule has 4 rings (SSSR count). The van der Waals surface area contributed by atoms with Gasteiger partial charge in [0.2, 0.25) is 0 Å². The van der Waals surface area contributed by atoms with E-state index in [2.05, 4.69) is 25.4 Å². The molecule has 3 heterocycles. The number of carbonyl (C=O) groups is 1. The van der Waals surface area contributed by atoms with Crippen molar-refractivity contribution >= 4 is 16.9 Å². The first-order chi connectivity index (χ1) is 12.7. The number of morpholine rings is 1. The fourth-order valence-corrected chi connectivity index (χ4v) is 3.09. The van der Waals surface area contributed by atoms with Crippen LogP contribution in [0.5, 0.6) is 0 Å². The van der Waals surface area contributed by atoms with E-state index in [-0.39, 0.29) is 17.6 Å². The van der Waals surface area contributed by atoms with Gasteiger partial charge < -0.3 is 14.6 Å². The molecule has 1 amide bonds. The molecule has 134 valence electrons. The molecule has 1 aromatic carbocycles. The molecular formula is C17H18N6O3. The quantitative estimate of drug-likeness (QED) is 0.705. The van der Waals surface area contributed by atoms with Gasteiger partial charge in [-0.2, -0.15) is 15.4 Å². The molecule has 2 N–H and O–H groups in total. The van der Waals surface area contributed by atoms with Gasteiger partial charge in [-0.15, -0.1) is 0 Å². The minimum atomic E-state index is -0.167. The van der Waals surface area contributed by atoms with Crippen LogP contribution in [0.1, 0.15) is 22.5 Å². The lowest BCUT2D eigenvalue weighted by Gasteiger charge is -2.33. The average molecular weight is 354 g/mol. The van der Waals surface area contributed by atoms with Gasteiger partial charge in [0.1, 0.15) is 11.0 Å². The predicted molar refractivity (Wildman–Crippen MR) is 92.7 cm³/mol. The van der Waals surface area contributed by atoms with Gasteiger partial charge in [-0.05, 0) is 31.0 Å². The first kappa shape index (κ1) is 16.4. The Labute approximate surface area is 148 Å². The molecule has 1 saturated heterocycles. The van der Waals surface area contributed by atoms with Gasteiger partial charge in [0.15, 0.2) is 0 Å². The summed E-state index contributed by atoms with van der Waals surface area (Å²) in [7, 11) is 0. The Morgan fingerprint density at radius 1 is 1.27 bits per heavy atom. The van der Waals surface area contributed by atoms with Crippen LogP contribution in [0.3, 0.4) is 0 Å². The number of nitrogens with one attached hydrogen (secondary N) is 2. The average Bonchev–Trinajstić information content (AvgIpc) is 3.14. The number of aromatic amines is 2. The smallest absolute Gasteiger partial charge is 0.254 e. The van der Waals surface area contributed by atoms with Crippen LogP contribution in [0, 0.1) is 0 Å². The summed E-state index contributed by atoms with van der Waals surface area (Å²) in [5.41, 5.74) is 2.54. The maximum atomic E-state index is 12.8. The molecule has 26 heavy (non-hydrogen) atoms. The van der Waals surface area contributed by atoms with Crippen LogP contribution in [0.4, 0.5) is 0 Å². The summed E-state index contributed by atoms with van der Waals surface area (Å²) in [6, 6.07) is 6.77. The Morgan fingerprint density at radius 2 is 2.15 bits per heavy atom. The maximum absolute atomic E-state index is 12.8. The van der Waals surface area contributed by atoms with Crippen molar-refractivity contribution in [3.05, 3.63) is 52.2 Å². The van der Waals surface area contributed by atoms with Crippen molar-refractivity contribution in [2.24, 2.45) is 0 Å². The van der Waals surface area contributed by atoms with Gasteiger partial charge in [-0.3, -0.25) is 9.59 Å². The highest BCUT2D eigenvalue weighted by Gasteiger charge is 2.25. The molecule has 0 aliphatic carbocycles. The number of H-pyrrole nitrogens is 2. The predicted octanol–water partition coefficient (Wildman–Crippen LogP) is 0.515. The SMILES string of the molecule is O=C(c1ccc2n[nH]nc2c1)N1CCO[C@@H](CCc2cc(=O)[nH]cn2)C1. The summed E-state index contributed by atoms with van der Waals surface area (Å²) in [6.45, 7) is 1.56. The zero-order valence-corrected chi connectivity index (χ0v) is 14.0. The Morgan fingerprint density at radius 3 is 3.04 bits per heavy atom. The molecule has 0 spiro atoms. The lowest BCUT2D eigenvalue weighted by molar-refractivity contribution is -0.0246. The van der Waals surface area contributed by atoms with E-state index in [0.29, 0.717) is 43.6 Å². The minimum Gasteiger partial charge on any atom is -0.375 e. The van der Waals surface area contributed by atoms with Crippen molar-refractivity contribution in [1.82, 2.24) is 30.3 Å². The van der Waals surface area contributed by atoms with Crippen molar-refractivity contribution in [2.75, 3.05) is 19.7 Å². The van der Waals surface area contributed by atoms with Gasteiger partial charge >= 0.3 is 0 Å². The number of carbonyl (C=O) groups excluding carboxylic acids is 1. The standard InChI is InChI=1S/C17H18N6O3/c24-16-8-12(18-10-19-16)2-3-13-9-23(5-6-26-13)17(25)11-1-4-14-15(7-11)21-22-20-14/h1,4,7-8,10,13H,2-3,5-6,9H2,(H,18,19,24)(H,20,21,22)/t13-/m0/s1. The third-order valence-corrected chi connectivity index (χ3v) is 4.45. The number of hydrogen-bond acceptors (Lipinski definition) is 6. The van der Waals surface area contributed by atoms with Crippen molar-refractivity contribution in [2.45, 2.75) is 18.9 Å². The van der Waals surface area contributed by atoms with Crippen LogP contribution in [0.2, 0.25) is 0 Å². The van der Waals surface area contributed by atoms with Crippen molar-refractivity contribution in [3.63, 3.8) is 0 Å². The fraction of sp³-hybridized carbons (Fsp3) is 0.353. The second kappa shape index (κ2) is 7.04. The summed E-state index contributed by atoms with van der Waals surface area (Å²) in [4.78, 5) is 32.5. The highest BCUT2D eigenvalue weighted by Crippen LogP contribution is 2.16. The molecule has 1 aliphatic rings. The number of nitrogens with zero attached hydrogens (tertiary/aromatic N) is 4. The third-order valence-electron chi connectivity index (χ3n) is 4.45. The van der Waals surface area contributed by atoms with E-state index in [4.69, 9.17) is 4.74 Å². The first-order valence-electron chi connectivity index (χ1n) is 8.44. The molecule has 9 heteroatoms. The van der Waals surface area contributed by atoms with Crippen LogP contribution >= 0.6 is 0 Å². The zero-order valence-electron chi connectivity index (χ0n) is 14.0. The van der Waals surface area contributed by atoms with Crippen LogP contribution in [0.25, 0.3) is 11.0 Å². The maximum Gasteiger partial charge on any atom is 0.254 e. The van der Waals surface area contributed by atoms with E-state index in [1.807, 2.05) is 0 Å². The van der Waals surface area contributed by atoms with Gasteiger partial charge in [0.25, 0.3) is 11.5 Å². The molecule has 1 aliphatic heterocycles. The van der Waals surface area contributed by atoms with E-state index in [1.165, 1.54) is 12.4 Å². The molecule has 0 radical (unpaired) electrons. The number of hydrogen-bond donors (Lipinski definition) is 2. The second-order valence-electron chi connectivity index (χ2n) is 6.21. The fourth-order valence-electron chi connectivity index (χ4n) is 3.09. The Hall–Kier alpha value is -3.07. The van der Waals surface area contributed by atoms with E-state index in [0.717, 1.165) is 11.2 Å². The van der Waals surface area contributed by atoms with Crippen molar-refractivity contribution in [3.8, 4) is 0 Å². The van der Waals surface area contributed by atoms with Crippen molar-refractivity contribution in [1.29, 1.82) is 0 Å². The van der Waals surface area contributed by atoms with Crippen LogP contribution < -0.4 is 5.56 Å². The molecule has 0 unspecified atom stereocenters. The number of aromatic nitrogens is 5. The van der Waals surface area contributed by atoms with Crippen LogP contribution in [0.15, 0.2) is 35.4 Å². The lowest BCUT2D eigenvalue weighted by Crippen LogP contribution is -2.45. The molecule has 2 aromatic heterocycles. The molecule has 0 bridgehead atoms. The number of ether oxygens (including phenoxy) is 1. The molecule has 1 fully saturated rings. The Bertz CT molecular complexity index is 982. The monoisotopic (exact) mass is 354 g/mol. The summed E-state index contributed by atoms with van der Waals surface area (Å²) in [5, 5.41) is 10.6. The third kappa shape index (κ3) is 3.47. The zero-order chi connectivity index (χ0) is 17.9. The number of rotatable bonds is 4. The summed E-state index contributed by atoms with van der Waals surface area (Å²) in [6.07, 6.45) is 2.64. The van der Waals surface area contributed by atoms with E-state index in [9.17, 15) is 9.59 Å². The van der Waals surface area contributed by atoms with E-state index >= 15 is 0 Å². The van der Waals surface area contributed by atoms with Crippen molar-refractivity contribution < 1.29 is 9.53 Å². The summed E-state index contributed by atoms with van der Waals surface area (Å²) < 4.78 is 5.77. The Kier molecular flexibility index (Phi) is 4.44. The molecule has 9 nitrogen and oxygen atoms in total. The molecular weight excluding hydrogens is 336 g/mol. The van der Waals surface area contributed by atoms with Gasteiger partial charge in [-0.1, -0.05) is 0 Å². The van der Waals surface area contributed by atoms with E-state index in [1.54, 1.807) is 23.1 Å². The normalized spacial score (nSPS) is 17.5. The van der Waals surface area contributed by atoms with E-state index < -0.39 is 0 Å². The minimum absolute atomic E-state index is 0.0440. The van der Waals surface area contributed by atoms with Gasteiger partial charge in [0.05, 0.1) is 19.0 Å². The number of fused-ring (bicyclic) bond motifs is 1.